The van der Waals surface area contributed by atoms with Crippen molar-refractivity contribution >= 4 is 0 Å². The lowest BCUT2D eigenvalue weighted by Gasteiger charge is -2.09. The van der Waals surface area contributed by atoms with Crippen LogP contribution in [0.15, 0.2) is 53.8 Å². The highest BCUT2D eigenvalue weighted by Gasteiger charge is 2.04. The minimum atomic E-state index is -0.552. The van der Waals surface area contributed by atoms with Crippen LogP contribution < -0.4 is 0 Å². The van der Waals surface area contributed by atoms with Crippen molar-refractivity contribution in [2.24, 2.45) is 0 Å². The number of benzene rings is 1. The molecule has 6 nitrogen and oxygen atoms in total. The highest BCUT2D eigenvalue weighted by molar-refractivity contribution is 5.27. The molecule has 0 saturated heterocycles. The van der Waals surface area contributed by atoms with Crippen molar-refractivity contribution in [2.45, 2.75) is 6.61 Å². The van der Waals surface area contributed by atoms with Gasteiger partial charge in [0.2, 0.25) is 6.54 Å². The van der Waals surface area contributed by atoms with Crippen LogP contribution in [-0.4, -0.2) is 25.2 Å². The Morgan fingerprint density at radius 1 is 1.38 bits per heavy atom. The molecule has 110 valence electrons. The Bertz CT molecular complexity index is 559. The van der Waals surface area contributed by atoms with Crippen LogP contribution in [0.25, 0.3) is 0 Å². The molecule has 0 saturated carbocycles. The molecule has 0 spiro atoms. The number of ether oxygens (including phenoxy) is 2. The number of nitro groups is 1. The Balaban J connectivity index is 2.71. The van der Waals surface area contributed by atoms with E-state index in [0.29, 0.717) is 12.4 Å². The molecule has 0 fully saturated rings. The van der Waals surface area contributed by atoms with Gasteiger partial charge in [-0.15, -0.1) is 0 Å². The summed E-state index contributed by atoms with van der Waals surface area (Å²) in [5, 5.41) is 19.2. The van der Waals surface area contributed by atoms with Gasteiger partial charge < -0.3 is 9.47 Å². The Morgan fingerprint density at radius 3 is 2.67 bits per heavy atom. The number of hydrogen-bond acceptors (Lipinski definition) is 5. The van der Waals surface area contributed by atoms with Crippen LogP contribution in [-0.2, 0) is 16.1 Å². The van der Waals surface area contributed by atoms with E-state index in [1.165, 1.54) is 19.3 Å². The first-order chi connectivity index (χ1) is 10.2. The minimum Gasteiger partial charge on any atom is -0.491 e. The molecule has 0 unspecified atom stereocenters. The normalized spacial score (nSPS) is 11.8. The van der Waals surface area contributed by atoms with Gasteiger partial charge in [0.25, 0.3) is 0 Å². The molecule has 0 atom stereocenters. The second-order valence-corrected chi connectivity index (χ2v) is 4.13. The van der Waals surface area contributed by atoms with Gasteiger partial charge in [0.05, 0.1) is 5.57 Å². The SMILES string of the molecule is COC/C(=C\C=C(\C#N)C[N+](=O)[O-])OCc1ccccc1. The fourth-order valence-electron chi connectivity index (χ4n) is 1.49. The molecular formula is C15H16N2O4. The lowest BCUT2D eigenvalue weighted by atomic mass is 10.2. The Hall–Kier alpha value is -2.65. The van der Waals surface area contributed by atoms with Crippen LogP contribution in [0.1, 0.15) is 5.56 Å². The lowest BCUT2D eigenvalue weighted by molar-refractivity contribution is -0.470. The van der Waals surface area contributed by atoms with Crippen molar-refractivity contribution in [3.63, 3.8) is 0 Å². The molecule has 1 rings (SSSR count). The highest BCUT2D eigenvalue weighted by atomic mass is 16.6. The van der Waals surface area contributed by atoms with Gasteiger partial charge in [0.15, 0.2) is 0 Å². The monoisotopic (exact) mass is 288 g/mol. The first-order valence-electron chi connectivity index (χ1n) is 6.23. The van der Waals surface area contributed by atoms with Crippen LogP contribution in [0.4, 0.5) is 0 Å². The number of allylic oxidation sites excluding steroid dienone is 2. The van der Waals surface area contributed by atoms with Gasteiger partial charge in [0.1, 0.15) is 25.0 Å². The molecule has 0 bridgehead atoms. The summed E-state index contributed by atoms with van der Waals surface area (Å²) in [6, 6.07) is 11.4. The van der Waals surface area contributed by atoms with E-state index in [4.69, 9.17) is 14.7 Å². The summed E-state index contributed by atoms with van der Waals surface area (Å²) in [5.74, 6) is 0.498. The average Bonchev–Trinajstić information content (AvgIpc) is 2.49. The third-order valence-corrected chi connectivity index (χ3v) is 2.47. The topological polar surface area (TPSA) is 85.4 Å². The summed E-state index contributed by atoms with van der Waals surface area (Å²) in [6.45, 7) is 0.0768. The van der Waals surface area contributed by atoms with E-state index in [1.54, 1.807) is 6.07 Å². The molecule has 0 aliphatic carbocycles. The molecule has 6 heteroatoms. The van der Waals surface area contributed by atoms with Gasteiger partial charge in [-0.1, -0.05) is 30.3 Å². The predicted octanol–water partition coefficient (Wildman–Crippen LogP) is 2.46. The maximum absolute atomic E-state index is 10.4. The van der Waals surface area contributed by atoms with Crippen LogP contribution >= 0.6 is 0 Å². The molecule has 0 aromatic heterocycles. The smallest absolute Gasteiger partial charge is 0.238 e. The van der Waals surface area contributed by atoms with Crippen molar-refractivity contribution < 1.29 is 14.4 Å². The predicted molar refractivity (Wildman–Crippen MR) is 76.7 cm³/mol. The number of methoxy groups -OCH3 is 1. The number of nitriles is 1. The number of hydrogen-bond donors (Lipinski definition) is 0. The van der Waals surface area contributed by atoms with E-state index < -0.39 is 11.5 Å². The molecule has 0 N–H and O–H groups in total. The Kier molecular flexibility index (Phi) is 7.25. The van der Waals surface area contributed by atoms with Gasteiger partial charge in [-0.3, -0.25) is 10.1 Å². The molecule has 0 amide bonds. The van der Waals surface area contributed by atoms with Crippen LogP contribution in [0.2, 0.25) is 0 Å². The van der Waals surface area contributed by atoms with Crippen LogP contribution in [0.3, 0.4) is 0 Å². The number of nitrogens with zero attached hydrogens (tertiary/aromatic N) is 2. The third kappa shape index (κ3) is 6.89. The van der Waals surface area contributed by atoms with E-state index in [2.05, 4.69) is 0 Å². The molecular weight excluding hydrogens is 272 g/mol. The first-order valence-corrected chi connectivity index (χ1v) is 6.23. The van der Waals surface area contributed by atoms with E-state index in [1.807, 2.05) is 30.3 Å². The van der Waals surface area contributed by atoms with Crippen molar-refractivity contribution in [1.29, 1.82) is 5.26 Å². The average molecular weight is 288 g/mol. The molecule has 1 aromatic carbocycles. The lowest BCUT2D eigenvalue weighted by Crippen LogP contribution is -2.03. The van der Waals surface area contributed by atoms with Crippen molar-refractivity contribution in [2.75, 3.05) is 20.3 Å². The van der Waals surface area contributed by atoms with Crippen molar-refractivity contribution in [3.05, 3.63) is 69.5 Å². The minimum absolute atomic E-state index is 0.0527. The summed E-state index contributed by atoms with van der Waals surface area (Å²) in [7, 11) is 1.52. The highest BCUT2D eigenvalue weighted by Crippen LogP contribution is 2.07. The zero-order chi connectivity index (χ0) is 15.5. The van der Waals surface area contributed by atoms with Gasteiger partial charge in [-0.05, 0) is 17.7 Å². The molecule has 0 aliphatic rings. The molecule has 1 aromatic rings. The molecule has 0 aliphatic heterocycles. The fourth-order valence-corrected chi connectivity index (χ4v) is 1.49. The van der Waals surface area contributed by atoms with Gasteiger partial charge in [-0.2, -0.15) is 5.26 Å². The summed E-state index contributed by atoms with van der Waals surface area (Å²) >= 11 is 0. The zero-order valence-electron chi connectivity index (χ0n) is 11.7. The van der Waals surface area contributed by atoms with Crippen LogP contribution in [0, 0.1) is 21.4 Å². The quantitative estimate of drug-likeness (QED) is 0.241. The summed E-state index contributed by atoms with van der Waals surface area (Å²) in [4.78, 5) is 9.83. The van der Waals surface area contributed by atoms with Gasteiger partial charge in [-0.25, -0.2) is 0 Å². The largest absolute Gasteiger partial charge is 0.491 e. The summed E-state index contributed by atoms with van der Waals surface area (Å²) in [5.41, 5.74) is 1.05. The Morgan fingerprint density at radius 2 is 2.10 bits per heavy atom. The van der Waals surface area contributed by atoms with E-state index in [0.717, 1.165) is 5.56 Å². The second-order valence-electron chi connectivity index (χ2n) is 4.13. The van der Waals surface area contributed by atoms with E-state index >= 15 is 0 Å². The second kappa shape index (κ2) is 9.28. The summed E-state index contributed by atoms with van der Waals surface area (Å²) < 4.78 is 10.6. The van der Waals surface area contributed by atoms with Gasteiger partial charge >= 0.3 is 0 Å². The van der Waals surface area contributed by atoms with Crippen molar-refractivity contribution in [1.82, 2.24) is 0 Å². The van der Waals surface area contributed by atoms with E-state index in [9.17, 15) is 10.1 Å². The maximum atomic E-state index is 10.4. The van der Waals surface area contributed by atoms with Crippen LogP contribution in [0.5, 0.6) is 0 Å². The van der Waals surface area contributed by atoms with E-state index in [-0.39, 0.29) is 12.2 Å². The number of rotatable bonds is 8. The summed E-state index contributed by atoms with van der Waals surface area (Å²) in [6.07, 6.45) is 2.90. The first kappa shape index (κ1) is 16.4. The molecule has 0 radical (unpaired) electrons. The maximum Gasteiger partial charge on any atom is 0.238 e. The molecule has 21 heavy (non-hydrogen) atoms. The van der Waals surface area contributed by atoms with Gasteiger partial charge in [0, 0.05) is 12.0 Å². The fraction of sp³-hybridized carbons (Fsp3) is 0.267. The van der Waals surface area contributed by atoms with Crippen molar-refractivity contribution in [3.8, 4) is 6.07 Å². The third-order valence-electron chi connectivity index (χ3n) is 2.47. The standard InChI is InChI=1S/C15H16N2O4/c1-20-12-15(8-7-14(9-16)10-17(18)19)21-11-13-5-3-2-4-6-13/h2-8H,10-12H2,1H3/b14-7-,15-8+. The zero-order valence-corrected chi connectivity index (χ0v) is 11.7. The Labute approximate surface area is 123 Å². The molecule has 0 heterocycles.